The van der Waals surface area contributed by atoms with E-state index in [-0.39, 0.29) is 22.5 Å². The van der Waals surface area contributed by atoms with Gasteiger partial charge in [0, 0.05) is 12.4 Å². The molecule has 1 amide bonds. The summed E-state index contributed by atoms with van der Waals surface area (Å²) in [4.78, 5) is 35.2. The Labute approximate surface area is 166 Å². The van der Waals surface area contributed by atoms with Crippen LogP contribution in [-0.4, -0.2) is 42.8 Å². The van der Waals surface area contributed by atoms with Gasteiger partial charge >= 0.3 is 18.1 Å². The Bertz CT molecular complexity index is 1050. The van der Waals surface area contributed by atoms with Crippen molar-refractivity contribution in [2.45, 2.75) is 6.18 Å². The Morgan fingerprint density at radius 2 is 1.53 bits per heavy atom. The maximum absolute atomic E-state index is 12.3. The number of aromatic nitrogens is 3. The zero-order valence-corrected chi connectivity index (χ0v) is 14.9. The molecule has 0 spiro atoms. The minimum absolute atomic E-state index is 0.0186. The van der Waals surface area contributed by atoms with Crippen molar-refractivity contribution in [3.8, 4) is 5.82 Å². The molecule has 0 radical (unpaired) electrons. The number of alkyl halides is 3. The number of carbonyl (C=O) groups excluding carboxylic acids is 1. The fraction of sp³-hybridized carbons (Fsp3) is 0.0556. The normalized spacial score (nSPS) is 10.6. The van der Waals surface area contributed by atoms with Gasteiger partial charge in [0.25, 0.3) is 5.91 Å². The lowest BCUT2D eigenvalue weighted by Gasteiger charge is -2.06. The molecule has 4 N–H and O–H groups in total. The van der Waals surface area contributed by atoms with E-state index >= 15 is 0 Å². The van der Waals surface area contributed by atoms with E-state index in [0.717, 1.165) is 18.2 Å². The molecule has 3 rings (SSSR count). The van der Waals surface area contributed by atoms with Crippen molar-refractivity contribution in [1.29, 1.82) is 0 Å². The molecule has 30 heavy (non-hydrogen) atoms. The maximum Gasteiger partial charge on any atom is 0.417 e. The van der Waals surface area contributed by atoms with Gasteiger partial charge in [-0.25, -0.2) is 19.3 Å². The van der Waals surface area contributed by atoms with Crippen LogP contribution in [0.5, 0.6) is 0 Å². The number of aromatic carboxylic acids is 2. The Morgan fingerprint density at radius 1 is 0.933 bits per heavy atom. The third-order valence-electron chi connectivity index (χ3n) is 3.53. The lowest BCUT2D eigenvalue weighted by atomic mass is 10.1. The van der Waals surface area contributed by atoms with Gasteiger partial charge in [0.15, 0.2) is 5.82 Å². The molecule has 0 aliphatic rings. The van der Waals surface area contributed by atoms with E-state index in [4.69, 9.17) is 15.9 Å². The van der Waals surface area contributed by atoms with Gasteiger partial charge in [0.1, 0.15) is 0 Å². The number of carbonyl (C=O) groups is 3. The van der Waals surface area contributed by atoms with Crippen molar-refractivity contribution in [3.63, 3.8) is 0 Å². The first-order valence-corrected chi connectivity index (χ1v) is 7.94. The highest BCUT2D eigenvalue weighted by Gasteiger charge is 2.30. The first-order chi connectivity index (χ1) is 14.0. The monoisotopic (exact) mass is 422 g/mol. The molecule has 156 valence electrons. The summed E-state index contributed by atoms with van der Waals surface area (Å²) in [5, 5.41) is 20.8. The molecule has 9 nitrogen and oxygen atoms in total. The lowest BCUT2D eigenvalue weighted by Crippen LogP contribution is -2.09. The molecule has 0 saturated heterocycles. The average molecular weight is 422 g/mol. The standard InChI is InChI=1S/C10H7F3N4O.C8H6O4/c11-10(12,13)7-1-2-8(15-4-7)17-5-6(3-16-17)9(14)18;9-7(10)5-2-1-3-6(4-5)8(11)12/h1-5H,(H2,14,18);1-4H,(H,9,10)(H,11,12). The van der Waals surface area contributed by atoms with Crippen molar-refractivity contribution in [3.05, 3.63) is 77.2 Å². The molecule has 0 unspecified atom stereocenters. The summed E-state index contributed by atoms with van der Waals surface area (Å²) in [6.45, 7) is 0. The summed E-state index contributed by atoms with van der Waals surface area (Å²) in [6, 6.07) is 7.23. The van der Waals surface area contributed by atoms with Gasteiger partial charge in [-0.2, -0.15) is 18.3 Å². The number of nitrogens with two attached hydrogens (primary N) is 1. The molecule has 2 heterocycles. The summed E-state index contributed by atoms with van der Waals surface area (Å²) < 4.78 is 38.1. The molecular formula is C18H13F3N4O5. The van der Waals surface area contributed by atoms with Crippen LogP contribution in [0, 0.1) is 0 Å². The highest BCUT2D eigenvalue weighted by Crippen LogP contribution is 2.28. The number of rotatable bonds is 4. The number of halogens is 3. The van der Waals surface area contributed by atoms with E-state index in [1.54, 1.807) is 0 Å². The molecule has 1 aromatic carbocycles. The van der Waals surface area contributed by atoms with Crippen LogP contribution in [0.25, 0.3) is 5.82 Å². The minimum Gasteiger partial charge on any atom is -0.478 e. The van der Waals surface area contributed by atoms with Crippen molar-refractivity contribution in [2.24, 2.45) is 5.73 Å². The van der Waals surface area contributed by atoms with Crippen LogP contribution in [0.4, 0.5) is 13.2 Å². The first kappa shape index (κ1) is 22.1. The van der Waals surface area contributed by atoms with Crippen LogP contribution in [0.1, 0.15) is 36.6 Å². The Balaban J connectivity index is 0.000000232. The zero-order valence-electron chi connectivity index (χ0n) is 14.9. The first-order valence-electron chi connectivity index (χ1n) is 7.94. The number of hydrogen-bond acceptors (Lipinski definition) is 5. The van der Waals surface area contributed by atoms with Crippen molar-refractivity contribution < 1.29 is 37.8 Å². The molecule has 0 bridgehead atoms. The van der Waals surface area contributed by atoms with Crippen molar-refractivity contribution in [1.82, 2.24) is 14.8 Å². The molecular weight excluding hydrogens is 409 g/mol. The molecule has 3 aromatic rings. The highest BCUT2D eigenvalue weighted by molar-refractivity contribution is 5.93. The zero-order chi connectivity index (χ0) is 22.5. The second-order valence-electron chi connectivity index (χ2n) is 5.63. The Kier molecular flexibility index (Phi) is 6.52. The van der Waals surface area contributed by atoms with Gasteiger partial charge in [-0.1, -0.05) is 6.07 Å². The number of benzene rings is 1. The van der Waals surface area contributed by atoms with Crippen LogP contribution in [-0.2, 0) is 6.18 Å². The smallest absolute Gasteiger partial charge is 0.417 e. The van der Waals surface area contributed by atoms with Gasteiger partial charge < -0.3 is 15.9 Å². The van der Waals surface area contributed by atoms with Gasteiger partial charge in [-0.05, 0) is 30.3 Å². The quantitative estimate of drug-likeness (QED) is 0.585. The lowest BCUT2D eigenvalue weighted by molar-refractivity contribution is -0.137. The number of carboxylic acids is 2. The molecule has 0 saturated carbocycles. The fourth-order valence-electron chi connectivity index (χ4n) is 2.05. The van der Waals surface area contributed by atoms with Crippen LogP contribution >= 0.6 is 0 Å². The van der Waals surface area contributed by atoms with Crippen molar-refractivity contribution in [2.75, 3.05) is 0 Å². The molecule has 0 fully saturated rings. The summed E-state index contributed by atoms with van der Waals surface area (Å²) in [5.74, 6) is -2.76. The topological polar surface area (TPSA) is 148 Å². The highest BCUT2D eigenvalue weighted by atomic mass is 19.4. The van der Waals surface area contributed by atoms with Gasteiger partial charge in [0.05, 0.1) is 28.5 Å². The number of nitrogens with zero attached hydrogens (tertiary/aromatic N) is 3. The van der Waals surface area contributed by atoms with Crippen LogP contribution < -0.4 is 5.73 Å². The predicted molar refractivity (Wildman–Crippen MR) is 95.2 cm³/mol. The summed E-state index contributed by atoms with van der Waals surface area (Å²) in [7, 11) is 0. The number of amides is 1. The third kappa shape index (κ3) is 5.64. The van der Waals surface area contributed by atoms with E-state index in [2.05, 4.69) is 10.1 Å². The number of hydrogen-bond donors (Lipinski definition) is 3. The second kappa shape index (κ2) is 8.86. The predicted octanol–water partition coefficient (Wildman–Crippen LogP) is 2.47. The molecule has 0 atom stereocenters. The van der Waals surface area contributed by atoms with E-state index in [9.17, 15) is 27.6 Å². The SMILES string of the molecule is NC(=O)c1cnn(-c2ccc(C(F)(F)F)cn2)c1.O=C(O)c1cccc(C(=O)O)c1. The van der Waals surface area contributed by atoms with E-state index in [1.165, 1.54) is 35.3 Å². The number of carboxylic acid groups (broad SMARTS) is 2. The van der Waals surface area contributed by atoms with Crippen molar-refractivity contribution >= 4 is 17.8 Å². The molecule has 12 heteroatoms. The van der Waals surface area contributed by atoms with E-state index < -0.39 is 29.6 Å². The molecule has 0 aliphatic heterocycles. The van der Waals surface area contributed by atoms with Crippen LogP contribution in [0.2, 0.25) is 0 Å². The second-order valence-corrected chi connectivity index (χ2v) is 5.63. The summed E-state index contributed by atoms with van der Waals surface area (Å²) >= 11 is 0. The van der Waals surface area contributed by atoms with Gasteiger partial charge in [0.2, 0.25) is 0 Å². The number of pyridine rings is 1. The Hall–Kier alpha value is -4.22. The van der Waals surface area contributed by atoms with Gasteiger partial charge in [-0.15, -0.1) is 0 Å². The molecule has 2 aromatic heterocycles. The van der Waals surface area contributed by atoms with E-state index in [1.807, 2.05) is 0 Å². The fourth-order valence-corrected chi connectivity index (χ4v) is 2.05. The summed E-state index contributed by atoms with van der Waals surface area (Å²) in [5.41, 5.74) is 4.28. The van der Waals surface area contributed by atoms with E-state index in [0.29, 0.717) is 6.20 Å². The summed E-state index contributed by atoms with van der Waals surface area (Å²) in [6.07, 6.45) is -1.24. The maximum atomic E-state index is 12.3. The average Bonchev–Trinajstić information content (AvgIpc) is 3.18. The molecule has 0 aliphatic carbocycles. The van der Waals surface area contributed by atoms with Gasteiger partial charge in [-0.3, -0.25) is 4.79 Å². The minimum atomic E-state index is -4.44. The third-order valence-corrected chi connectivity index (χ3v) is 3.53. The largest absolute Gasteiger partial charge is 0.478 e. The number of primary amides is 1. The Morgan fingerprint density at radius 3 is 1.93 bits per heavy atom. The van der Waals surface area contributed by atoms with Crippen LogP contribution in [0.15, 0.2) is 55.0 Å². The van der Waals surface area contributed by atoms with Crippen LogP contribution in [0.3, 0.4) is 0 Å².